The van der Waals surface area contributed by atoms with Crippen LogP contribution in [0.1, 0.15) is 25.3 Å². The molecular weight excluding hydrogens is 340 g/mol. The maximum absolute atomic E-state index is 12.5. The fourth-order valence-electron chi connectivity index (χ4n) is 3.18. The van der Waals surface area contributed by atoms with Crippen LogP contribution in [0.3, 0.4) is 0 Å². The Morgan fingerprint density at radius 3 is 3.00 bits per heavy atom. The number of aromatic nitrogens is 2. The lowest BCUT2D eigenvalue weighted by Gasteiger charge is -2.30. The number of amides is 1. The Kier molecular flexibility index (Phi) is 6.56. The van der Waals surface area contributed by atoms with Gasteiger partial charge in [-0.3, -0.25) is 14.2 Å². The zero-order chi connectivity index (χ0) is 17.1. The molecule has 1 fully saturated rings. The van der Waals surface area contributed by atoms with Gasteiger partial charge in [-0.25, -0.2) is 4.98 Å². The summed E-state index contributed by atoms with van der Waals surface area (Å²) in [6, 6.07) is 5.74. The SMILES string of the molecule is Cc1cccc2c(=O)n(CCC(=O)NC3CNCCC3C)cnc12.Cl. The molecule has 1 amide bonds. The quantitative estimate of drug-likeness (QED) is 0.864. The third kappa shape index (κ3) is 4.38. The van der Waals surface area contributed by atoms with Crippen molar-refractivity contribution in [2.45, 2.75) is 39.3 Å². The second-order valence-electron chi connectivity index (χ2n) is 6.61. The average Bonchev–Trinajstić information content (AvgIpc) is 2.57. The number of piperidine rings is 1. The standard InChI is InChI=1S/C18H24N4O2.ClH/c1-12-6-8-19-10-15(12)21-16(23)7-9-22-11-20-17-13(2)4-3-5-14(17)18(22)24;/h3-5,11-12,15,19H,6-10H2,1-2H3,(H,21,23);1H. The van der Waals surface area contributed by atoms with Crippen LogP contribution in [0, 0.1) is 12.8 Å². The van der Waals surface area contributed by atoms with Gasteiger partial charge in [-0.2, -0.15) is 0 Å². The molecule has 1 aromatic carbocycles. The number of aryl methyl sites for hydroxylation is 2. The summed E-state index contributed by atoms with van der Waals surface area (Å²) in [5.74, 6) is 0.454. The van der Waals surface area contributed by atoms with Crippen LogP contribution in [0.5, 0.6) is 0 Å². The third-order valence-corrected chi connectivity index (χ3v) is 4.81. The Morgan fingerprint density at radius 2 is 2.24 bits per heavy atom. The predicted octanol–water partition coefficient (Wildman–Crippen LogP) is 1.63. The highest BCUT2D eigenvalue weighted by molar-refractivity contribution is 5.85. The third-order valence-electron chi connectivity index (χ3n) is 4.81. The number of halogens is 1. The molecule has 7 heteroatoms. The number of para-hydroxylation sites is 1. The molecule has 25 heavy (non-hydrogen) atoms. The van der Waals surface area contributed by atoms with E-state index in [4.69, 9.17) is 0 Å². The minimum Gasteiger partial charge on any atom is -0.352 e. The molecule has 1 aliphatic heterocycles. The molecule has 1 saturated heterocycles. The van der Waals surface area contributed by atoms with Gasteiger partial charge < -0.3 is 10.6 Å². The molecule has 0 saturated carbocycles. The topological polar surface area (TPSA) is 76.0 Å². The maximum atomic E-state index is 12.5. The first-order chi connectivity index (χ1) is 11.6. The number of nitrogens with one attached hydrogen (secondary N) is 2. The lowest BCUT2D eigenvalue weighted by atomic mass is 9.95. The van der Waals surface area contributed by atoms with Crippen molar-refractivity contribution in [3.63, 3.8) is 0 Å². The lowest BCUT2D eigenvalue weighted by Crippen LogP contribution is -2.50. The first-order valence-electron chi connectivity index (χ1n) is 8.51. The van der Waals surface area contributed by atoms with Crippen molar-refractivity contribution in [3.8, 4) is 0 Å². The number of hydrogen-bond donors (Lipinski definition) is 2. The van der Waals surface area contributed by atoms with Crippen molar-refractivity contribution >= 4 is 29.2 Å². The van der Waals surface area contributed by atoms with Gasteiger partial charge in [-0.15, -0.1) is 12.4 Å². The van der Waals surface area contributed by atoms with Crippen LogP contribution in [0.2, 0.25) is 0 Å². The normalized spacial score (nSPS) is 20.1. The van der Waals surface area contributed by atoms with Crippen molar-refractivity contribution in [3.05, 3.63) is 40.4 Å². The summed E-state index contributed by atoms with van der Waals surface area (Å²) in [5.41, 5.74) is 1.61. The summed E-state index contributed by atoms with van der Waals surface area (Å²) < 4.78 is 1.52. The van der Waals surface area contributed by atoms with Gasteiger partial charge in [0.05, 0.1) is 17.2 Å². The van der Waals surface area contributed by atoms with Gasteiger partial charge in [0, 0.05) is 25.6 Å². The second-order valence-corrected chi connectivity index (χ2v) is 6.61. The Balaban J connectivity index is 0.00000225. The Morgan fingerprint density at radius 1 is 1.44 bits per heavy atom. The number of benzene rings is 1. The molecule has 6 nitrogen and oxygen atoms in total. The number of nitrogens with zero attached hydrogens (tertiary/aromatic N) is 2. The van der Waals surface area contributed by atoms with Gasteiger partial charge in [0.25, 0.3) is 5.56 Å². The molecule has 0 bridgehead atoms. The summed E-state index contributed by atoms with van der Waals surface area (Å²) in [7, 11) is 0. The Labute approximate surface area is 153 Å². The summed E-state index contributed by atoms with van der Waals surface area (Å²) in [5, 5.41) is 6.97. The van der Waals surface area contributed by atoms with Crippen LogP contribution >= 0.6 is 12.4 Å². The van der Waals surface area contributed by atoms with Crippen LogP contribution in [0.25, 0.3) is 10.9 Å². The van der Waals surface area contributed by atoms with E-state index in [0.717, 1.165) is 30.6 Å². The number of carbonyl (C=O) groups is 1. The van der Waals surface area contributed by atoms with Crippen molar-refractivity contribution in [2.24, 2.45) is 5.92 Å². The summed E-state index contributed by atoms with van der Waals surface area (Å²) in [4.78, 5) is 29.1. The predicted molar refractivity (Wildman–Crippen MR) is 101 cm³/mol. The highest BCUT2D eigenvalue weighted by atomic mass is 35.5. The molecule has 1 aromatic heterocycles. The van der Waals surface area contributed by atoms with Crippen LogP contribution in [-0.2, 0) is 11.3 Å². The van der Waals surface area contributed by atoms with E-state index in [1.54, 1.807) is 6.07 Å². The van der Waals surface area contributed by atoms with Crippen LogP contribution in [0.4, 0.5) is 0 Å². The van der Waals surface area contributed by atoms with E-state index in [0.29, 0.717) is 17.8 Å². The summed E-state index contributed by atoms with van der Waals surface area (Å²) >= 11 is 0. The molecule has 2 atom stereocenters. The first-order valence-corrected chi connectivity index (χ1v) is 8.51. The van der Waals surface area contributed by atoms with Gasteiger partial charge in [0.2, 0.25) is 5.91 Å². The van der Waals surface area contributed by atoms with Gasteiger partial charge >= 0.3 is 0 Å². The number of carbonyl (C=O) groups excluding carboxylic acids is 1. The largest absolute Gasteiger partial charge is 0.352 e. The molecule has 0 aliphatic carbocycles. The summed E-state index contributed by atoms with van der Waals surface area (Å²) in [6.07, 6.45) is 2.89. The highest BCUT2D eigenvalue weighted by Crippen LogP contribution is 2.12. The minimum absolute atomic E-state index is 0. The van der Waals surface area contributed by atoms with E-state index in [2.05, 4.69) is 22.5 Å². The van der Waals surface area contributed by atoms with Gasteiger partial charge in [-0.1, -0.05) is 19.1 Å². The molecule has 2 heterocycles. The average molecular weight is 365 g/mol. The van der Waals surface area contributed by atoms with Crippen LogP contribution in [0.15, 0.2) is 29.3 Å². The molecule has 2 aromatic rings. The van der Waals surface area contributed by atoms with E-state index in [1.807, 2.05) is 19.1 Å². The van der Waals surface area contributed by atoms with Crippen LogP contribution < -0.4 is 16.2 Å². The van der Waals surface area contributed by atoms with Crippen molar-refractivity contribution in [1.82, 2.24) is 20.2 Å². The zero-order valence-corrected chi connectivity index (χ0v) is 15.4. The lowest BCUT2D eigenvalue weighted by molar-refractivity contribution is -0.122. The van der Waals surface area contributed by atoms with E-state index in [-0.39, 0.29) is 36.3 Å². The van der Waals surface area contributed by atoms with Crippen molar-refractivity contribution < 1.29 is 4.79 Å². The summed E-state index contributed by atoms with van der Waals surface area (Å²) in [6.45, 7) is 6.25. The van der Waals surface area contributed by atoms with Crippen molar-refractivity contribution in [2.75, 3.05) is 13.1 Å². The van der Waals surface area contributed by atoms with Crippen molar-refractivity contribution in [1.29, 1.82) is 0 Å². The number of rotatable bonds is 4. The molecule has 1 aliphatic rings. The Bertz CT molecular complexity index is 805. The monoisotopic (exact) mass is 364 g/mol. The van der Waals surface area contributed by atoms with E-state index < -0.39 is 0 Å². The number of fused-ring (bicyclic) bond motifs is 1. The fraction of sp³-hybridized carbons (Fsp3) is 0.500. The van der Waals surface area contributed by atoms with Gasteiger partial charge in [0.15, 0.2) is 0 Å². The molecule has 136 valence electrons. The highest BCUT2D eigenvalue weighted by Gasteiger charge is 2.22. The van der Waals surface area contributed by atoms with E-state index in [9.17, 15) is 9.59 Å². The first kappa shape index (κ1) is 19.4. The molecule has 0 spiro atoms. The van der Waals surface area contributed by atoms with Gasteiger partial charge in [0.1, 0.15) is 0 Å². The molecular formula is C18H25ClN4O2. The van der Waals surface area contributed by atoms with E-state index >= 15 is 0 Å². The Hall–Kier alpha value is -1.92. The van der Waals surface area contributed by atoms with E-state index in [1.165, 1.54) is 10.9 Å². The van der Waals surface area contributed by atoms with Gasteiger partial charge in [-0.05, 0) is 37.4 Å². The zero-order valence-electron chi connectivity index (χ0n) is 14.6. The molecule has 2 unspecified atom stereocenters. The maximum Gasteiger partial charge on any atom is 0.261 e. The molecule has 2 N–H and O–H groups in total. The van der Waals surface area contributed by atoms with Crippen LogP contribution in [-0.4, -0.2) is 34.6 Å². The molecule has 0 radical (unpaired) electrons. The number of hydrogen-bond acceptors (Lipinski definition) is 4. The second kappa shape index (κ2) is 8.45. The smallest absolute Gasteiger partial charge is 0.261 e. The minimum atomic E-state index is -0.0933. The fourth-order valence-corrected chi connectivity index (χ4v) is 3.18. The molecule has 3 rings (SSSR count).